The van der Waals surface area contributed by atoms with Gasteiger partial charge in [-0.05, 0) is 20.8 Å². The Balaban J connectivity index is 1.68. The summed E-state index contributed by atoms with van der Waals surface area (Å²) < 4.78 is 19.3. The Kier molecular flexibility index (Phi) is 4.21. The van der Waals surface area contributed by atoms with Crippen molar-refractivity contribution >= 4 is 28.9 Å². The van der Waals surface area contributed by atoms with Crippen LogP contribution in [-0.4, -0.2) is 66.6 Å². The highest BCUT2D eigenvalue weighted by Crippen LogP contribution is 2.43. The molecule has 0 aromatic carbocycles. The van der Waals surface area contributed by atoms with E-state index in [1.165, 1.54) is 19.6 Å². The quantitative estimate of drug-likeness (QED) is 0.613. The monoisotopic (exact) mass is 392 g/mol. The number of carbonyl (C=O) groups is 2. The first kappa shape index (κ1) is 18.5. The number of aromatic nitrogens is 4. The Bertz CT molecular complexity index is 945. The average Bonchev–Trinajstić information content (AvgIpc) is 3.25. The Hall–Kier alpha value is -2.83. The molecule has 2 aliphatic rings. The number of amides is 1. The van der Waals surface area contributed by atoms with Crippen LogP contribution in [0.1, 0.15) is 27.0 Å². The van der Waals surface area contributed by atoms with E-state index in [1.54, 1.807) is 18.4 Å². The van der Waals surface area contributed by atoms with Crippen LogP contribution >= 0.6 is 0 Å². The minimum Gasteiger partial charge on any atom is -0.480 e. The number of nitrogens with two attached hydrogens (primary N) is 1. The summed E-state index contributed by atoms with van der Waals surface area (Å²) in [5, 5.41) is 11.4. The Morgan fingerprint density at radius 1 is 1.29 bits per heavy atom. The second-order valence-corrected chi connectivity index (χ2v) is 7.16. The fourth-order valence-electron chi connectivity index (χ4n) is 3.43. The summed E-state index contributed by atoms with van der Waals surface area (Å²) in [5.74, 6) is -2.49. The second kappa shape index (κ2) is 6.36. The highest BCUT2D eigenvalue weighted by molar-refractivity contribution is 5.87. The summed E-state index contributed by atoms with van der Waals surface area (Å²) >= 11 is 0. The van der Waals surface area contributed by atoms with Gasteiger partial charge in [-0.1, -0.05) is 0 Å². The number of nitrogens with zero attached hydrogens (tertiary/aromatic N) is 4. The van der Waals surface area contributed by atoms with Gasteiger partial charge in [0.2, 0.25) is 0 Å². The van der Waals surface area contributed by atoms with Crippen LogP contribution in [0.4, 0.5) is 5.82 Å². The molecule has 2 aromatic rings. The van der Waals surface area contributed by atoms with E-state index in [-0.39, 0.29) is 5.82 Å². The molecule has 2 saturated heterocycles. The lowest BCUT2D eigenvalue weighted by atomic mass is 10.1. The van der Waals surface area contributed by atoms with Crippen molar-refractivity contribution in [2.75, 3.05) is 5.73 Å². The molecule has 1 amide bonds. The maximum absolute atomic E-state index is 12.6. The van der Waals surface area contributed by atoms with Gasteiger partial charge in [0.05, 0.1) is 6.33 Å². The van der Waals surface area contributed by atoms with Gasteiger partial charge in [-0.15, -0.1) is 0 Å². The summed E-state index contributed by atoms with van der Waals surface area (Å²) in [5.41, 5.74) is 6.65. The van der Waals surface area contributed by atoms with E-state index in [4.69, 9.17) is 25.1 Å². The van der Waals surface area contributed by atoms with Crippen LogP contribution in [0, 0.1) is 0 Å². The minimum atomic E-state index is -1.16. The van der Waals surface area contributed by atoms with E-state index in [2.05, 4.69) is 20.3 Å². The fourth-order valence-corrected chi connectivity index (χ4v) is 3.43. The lowest BCUT2D eigenvalue weighted by Crippen LogP contribution is -2.48. The topological polar surface area (TPSA) is 164 Å². The summed E-state index contributed by atoms with van der Waals surface area (Å²) in [4.78, 5) is 36.0. The van der Waals surface area contributed by atoms with Crippen LogP contribution in [0.5, 0.6) is 0 Å². The van der Waals surface area contributed by atoms with Gasteiger partial charge in [0.1, 0.15) is 30.1 Å². The first-order chi connectivity index (χ1) is 13.2. The molecule has 0 bridgehead atoms. The molecule has 0 saturated carbocycles. The number of carboxylic acids is 1. The maximum atomic E-state index is 12.6. The summed E-state index contributed by atoms with van der Waals surface area (Å²) in [6.07, 6.45) is -0.447. The first-order valence-corrected chi connectivity index (χ1v) is 8.65. The van der Waals surface area contributed by atoms with Gasteiger partial charge >= 0.3 is 5.97 Å². The summed E-state index contributed by atoms with van der Waals surface area (Å²) in [7, 11) is 0. The highest BCUT2D eigenvalue weighted by Gasteiger charge is 2.58. The number of hydrogen-bond donors (Lipinski definition) is 3. The number of hydrogen-bond acceptors (Lipinski definition) is 9. The van der Waals surface area contributed by atoms with Gasteiger partial charge in [-0.2, -0.15) is 0 Å². The van der Waals surface area contributed by atoms with E-state index >= 15 is 0 Å². The lowest BCUT2D eigenvalue weighted by molar-refractivity contribution is -0.197. The van der Waals surface area contributed by atoms with E-state index < -0.39 is 48.2 Å². The molecule has 12 nitrogen and oxygen atoms in total. The van der Waals surface area contributed by atoms with Gasteiger partial charge in [-0.25, -0.2) is 15.0 Å². The second-order valence-electron chi connectivity index (χ2n) is 7.16. The number of imidazole rings is 1. The van der Waals surface area contributed by atoms with Gasteiger partial charge in [0.25, 0.3) is 5.91 Å². The van der Waals surface area contributed by atoms with Crippen molar-refractivity contribution in [3.05, 3.63) is 12.7 Å². The number of anilines is 1. The Morgan fingerprint density at radius 2 is 2.00 bits per heavy atom. The van der Waals surface area contributed by atoms with Crippen molar-refractivity contribution in [1.82, 2.24) is 24.8 Å². The molecule has 2 aromatic heterocycles. The smallest absolute Gasteiger partial charge is 0.325 e. The predicted octanol–water partition coefficient (Wildman–Crippen LogP) is -0.585. The van der Waals surface area contributed by atoms with E-state index in [9.17, 15) is 9.59 Å². The summed E-state index contributed by atoms with van der Waals surface area (Å²) in [6.45, 7) is 4.82. The molecule has 0 spiro atoms. The van der Waals surface area contributed by atoms with Gasteiger partial charge < -0.3 is 30.4 Å². The first-order valence-electron chi connectivity index (χ1n) is 8.65. The van der Waals surface area contributed by atoms with Crippen molar-refractivity contribution in [1.29, 1.82) is 0 Å². The van der Waals surface area contributed by atoms with Crippen molar-refractivity contribution in [3.8, 4) is 0 Å². The van der Waals surface area contributed by atoms with Crippen LogP contribution in [0.3, 0.4) is 0 Å². The lowest BCUT2D eigenvalue weighted by Gasteiger charge is -2.24. The minimum absolute atomic E-state index is 0.215. The molecule has 150 valence electrons. The van der Waals surface area contributed by atoms with E-state index in [1.807, 2.05) is 0 Å². The largest absolute Gasteiger partial charge is 0.480 e. The zero-order valence-electron chi connectivity index (χ0n) is 15.4. The molecule has 12 heteroatoms. The molecule has 2 aliphatic heterocycles. The van der Waals surface area contributed by atoms with E-state index in [0.29, 0.717) is 11.2 Å². The SMILES string of the molecule is C[C@@H](NC(=O)[C@H]1O[C@@H](n2cnc3c(N)ncnc32)[C@@H]2OC(C)(C)O[C@@H]21)C(=O)O. The number of ether oxygens (including phenoxy) is 3. The van der Waals surface area contributed by atoms with E-state index in [0.717, 1.165) is 0 Å². The fraction of sp³-hybridized carbons (Fsp3) is 0.562. The molecule has 4 heterocycles. The van der Waals surface area contributed by atoms with Crippen molar-refractivity contribution in [3.63, 3.8) is 0 Å². The Labute approximate surface area is 159 Å². The van der Waals surface area contributed by atoms with Gasteiger partial charge in [0, 0.05) is 0 Å². The number of nitrogens with one attached hydrogen (secondary N) is 1. The van der Waals surface area contributed by atoms with Crippen LogP contribution in [-0.2, 0) is 23.8 Å². The third-order valence-electron chi connectivity index (χ3n) is 4.68. The maximum Gasteiger partial charge on any atom is 0.325 e. The number of carbonyl (C=O) groups excluding carboxylic acids is 1. The van der Waals surface area contributed by atoms with Crippen molar-refractivity contribution < 1.29 is 28.9 Å². The van der Waals surface area contributed by atoms with Crippen LogP contribution in [0.25, 0.3) is 11.2 Å². The number of nitrogen functional groups attached to an aromatic ring is 1. The molecule has 4 N–H and O–H groups in total. The Morgan fingerprint density at radius 3 is 2.71 bits per heavy atom. The highest BCUT2D eigenvalue weighted by atomic mass is 16.8. The van der Waals surface area contributed by atoms with Crippen molar-refractivity contribution in [2.45, 2.75) is 57.1 Å². The zero-order chi connectivity index (χ0) is 20.2. The zero-order valence-corrected chi connectivity index (χ0v) is 15.4. The van der Waals surface area contributed by atoms with Crippen molar-refractivity contribution in [2.24, 2.45) is 0 Å². The van der Waals surface area contributed by atoms with Gasteiger partial charge in [0.15, 0.2) is 29.6 Å². The molecule has 5 atom stereocenters. The number of aliphatic carboxylic acids is 1. The molecule has 4 rings (SSSR count). The molecule has 0 unspecified atom stereocenters. The van der Waals surface area contributed by atoms with Crippen LogP contribution in [0.15, 0.2) is 12.7 Å². The predicted molar refractivity (Wildman–Crippen MR) is 92.7 cm³/mol. The summed E-state index contributed by atoms with van der Waals surface area (Å²) in [6, 6.07) is -1.08. The molecule has 0 radical (unpaired) electrons. The number of carboxylic acid groups (broad SMARTS) is 1. The normalized spacial score (nSPS) is 29.5. The molecule has 0 aliphatic carbocycles. The number of rotatable bonds is 4. The average molecular weight is 392 g/mol. The molecular weight excluding hydrogens is 372 g/mol. The van der Waals surface area contributed by atoms with Gasteiger partial charge in [-0.3, -0.25) is 14.2 Å². The van der Waals surface area contributed by atoms with Crippen LogP contribution < -0.4 is 11.1 Å². The third-order valence-corrected chi connectivity index (χ3v) is 4.68. The standard InChI is InChI=1S/C16H20N6O6/c1-6(15(24)25)21-13(23)9-8-10(28-16(2,3)27-8)14(26-9)22-5-20-7-11(17)18-4-19-12(7)22/h4-6,8-10,14H,1-3H3,(H,21,23)(H,24,25)(H2,17,18,19)/t6-,8-,9+,10-,14-/m1/s1. The molecule has 28 heavy (non-hydrogen) atoms. The third kappa shape index (κ3) is 2.95. The molecule has 2 fully saturated rings. The number of fused-ring (bicyclic) bond motifs is 2. The molecular formula is C16H20N6O6. The van der Waals surface area contributed by atoms with Crippen LogP contribution in [0.2, 0.25) is 0 Å².